The number of likely N-dealkylation sites (tertiary alicyclic amines) is 1. The maximum absolute atomic E-state index is 12.5. The van der Waals surface area contributed by atoms with Gasteiger partial charge in [-0.3, -0.25) is 4.79 Å². The standard InChI is InChI=1S/C23H27NO3.C6H12/c1-16-14-20(24(21(16)25)22(26)27-23(2,3)4)15-17-10-12-19(13-11-17)18-8-6-5-7-9-18;1-5-6(2,3)4/h5-13,16,20H,14-15H2,1-4H3;5H,1H2,2-4H3/t16?,20-;/m0./s1. The maximum Gasteiger partial charge on any atom is 0.417 e. The lowest BCUT2D eigenvalue weighted by atomic mass is 9.98. The highest BCUT2D eigenvalue weighted by Gasteiger charge is 2.42. The predicted octanol–water partition coefficient (Wildman–Crippen LogP) is 7.29. The molecule has 0 radical (unpaired) electrons. The largest absolute Gasteiger partial charge is 0.443 e. The summed E-state index contributed by atoms with van der Waals surface area (Å²) in [7, 11) is 0. The zero-order chi connectivity index (χ0) is 24.8. The molecule has 178 valence electrons. The van der Waals surface area contributed by atoms with Crippen molar-refractivity contribution in [3.63, 3.8) is 0 Å². The summed E-state index contributed by atoms with van der Waals surface area (Å²) in [5.74, 6) is -0.304. The summed E-state index contributed by atoms with van der Waals surface area (Å²) < 4.78 is 5.45. The van der Waals surface area contributed by atoms with E-state index in [9.17, 15) is 9.59 Å². The molecule has 4 heteroatoms. The van der Waals surface area contributed by atoms with Crippen molar-refractivity contribution in [2.45, 2.75) is 73.0 Å². The molecule has 0 saturated carbocycles. The summed E-state index contributed by atoms with van der Waals surface area (Å²) in [6.07, 6.45) is 2.71. The first-order valence-electron chi connectivity index (χ1n) is 11.6. The van der Waals surface area contributed by atoms with Crippen LogP contribution in [0.5, 0.6) is 0 Å². The Hall–Kier alpha value is -2.88. The number of imide groups is 1. The molecule has 0 N–H and O–H groups in total. The van der Waals surface area contributed by atoms with Crippen LogP contribution in [-0.2, 0) is 16.0 Å². The van der Waals surface area contributed by atoms with Crippen LogP contribution in [0, 0.1) is 11.3 Å². The lowest BCUT2D eigenvalue weighted by molar-refractivity contribution is -0.130. The Balaban J connectivity index is 0.000000569. The fourth-order valence-corrected chi connectivity index (χ4v) is 3.49. The molecule has 2 atom stereocenters. The third-order valence-corrected chi connectivity index (χ3v) is 5.38. The molecule has 4 nitrogen and oxygen atoms in total. The highest BCUT2D eigenvalue weighted by molar-refractivity contribution is 5.95. The van der Waals surface area contributed by atoms with E-state index in [1.165, 1.54) is 10.5 Å². The van der Waals surface area contributed by atoms with E-state index in [4.69, 9.17) is 4.74 Å². The Labute approximate surface area is 199 Å². The van der Waals surface area contributed by atoms with Gasteiger partial charge < -0.3 is 4.74 Å². The summed E-state index contributed by atoms with van der Waals surface area (Å²) in [6.45, 7) is 17.3. The Bertz CT molecular complexity index is 934. The van der Waals surface area contributed by atoms with Crippen LogP contribution < -0.4 is 0 Å². The summed E-state index contributed by atoms with van der Waals surface area (Å²) >= 11 is 0. The molecule has 2 aromatic carbocycles. The molecular weight excluding hydrogens is 410 g/mol. The average Bonchev–Trinajstić information content (AvgIpc) is 3.01. The quantitative estimate of drug-likeness (QED) is 0.462. The Morgan fingerprint density at radius 1 is 1.00 bits per heavy atom. The highest BCUT2D eigenvalue weighted by Crippen LogP contribution is 2.29. The molecule has 33 heavy (non-hydrogen) atoms. The van der Waals surface area contributed by atoms with Crippen LogP contribution in [-0.4, -0.2) is 28.5 Å². The molecule has 0 aliphatic carbocycles. The molecule has 1 fully saturated rings. The van der Waals surface area contributed by atoms with Gasteiger partial charge in [-0.25, -0.2) is 9.69 Å². The van der Waals surface area contributed by atoms with E-state index in [1.54, 1.807) is 0 Å². The van der Waals surface area contributed by atoms with Crippen molar-refractivity contribution in [1.29, 1.82) is 0 Å². The second kappa shape index (κ2) is 10.8. The van der Waals surface area contributed by atoms with E-state index < -0.39 is 11.7 Å². The van der Waals surface area contributed by atoms with Gasteiger partial charge in [-0.2, -0.15) is 0 Å². The number of hydrogen-bond donors (Lipinski definition) is 0. The van der Waals surface area contributed by atoms with Gasteiger partial charge in [0.25, 0.3) is 0 Å². The van der Waals surface area contributed by atoms with Gasteiger partial charge in [0.2, 0.25) is 5.91 Å². The molecule has 3 rings (SSSR count). The molecule has 0 aromatic heterocycles. The van der Waals surface area contributed by atoms with Gasteiger partial charge in [-0.15, -0.1) is 6.58 Å². The number of nitrogens with zero attached hydrogens (tertiary/aromatic N) is 1. The van der Waals surface area contributed by atoms with Gasteiger partial charge in [-0.05, 0) is 55.7 Å². The molecule has 2 amide bonds. The van der Waals surface area contributed by atoms with Gasteiger partial charge in [-0.1, -0.05) is 88.4 Å². The van der Waals surface area contributed by atoms with Crippen LogP contribution in [0.4, 0.5) is 4.79 Å². The van der Waals surface area contributed by atoms with Crippen molar-refractivity contribution in [3.05, 3.63) is 72.8 Å². The van der Waals surface area contributed by atoms with Crippen LogP contribution in [0.3, 0.4) is 0 Å². The van der Waals surface area contributed by atoms with Crippen molar-refractivity contribution >= 4 is 12.0 Å². The first kappa shape index (κ1) is 26.4. The summed E-state index contributed by atoms with van der Waals surface area (Å²) in [4.78, 5) is 26.4. The van der Waals surface area contributed by atoms with Gasteiger partial charge in [0.15, 0.2) is 0 Å². The average molecular weight is 450 g/mol. The van der Waals surface area contributed by atoms with E-state index >= 15 is 0 Å². The second-order valence-corrected chi connectivity index (χ2v) is 10.8. The fourth-order valence-electron chi connectivity index (χ4n) is 3.49. The summed E-state index contributed by atoms with van der Waals surface area (Å²) in [5.41, 5.74) is 3.11. The second-order valence-electron chi connectivity index (χ2n) is 10.8. The summed E-state index contributed by atoms with van der Waals surface area (Å²) in [5, 5.41) is 0. The van der Waals surface area contributed by atoms with E-state index in [0.29, 0.717) is 18.3 Å². The Morgan fingerprint density at radius 3 is 2.00 bits per heavy atom. The minimum absolute atomic E-state index is 0.143. The van der Waals surface area contributed by atoms with Gasteiger partial charge in [0.1, 0.15) is 5.60 Å². The van der Waals surface area contributed by atoms with Gasteiger partial charge in [0, 0.05) is 12.0 Å². The molecule has 1 saturated heterocycles. The van der Waals surface area contributed by atoms with E-state index in [2.05, 4.69) is 63.7 Å². The zero-order valence-electron chi connectivity index (χ0n) is 21.2. The molecule has 0 bridgehead atoms. The van der Waals surface area contributed by atoms with Crippen LogP contribution in [0.1, 0.15) is 60.5 Å². The number of benzene rings is 2. The lowest BCUT2D eigenvalue weighted by Crippen LogP contribution is -2.43. The number of carbonyl (C=O) groups is 2. The molecule has 1 heterocycles. The number of hydrogen-bond acceptors (Lipinski definition) is 3. The number of allylic oxidation sites excluding steroid dienone is 1. The maximum atomic E-state index is 12.5. The first-order valence-corrected chi connectivity index (χ1v) is 11.6. The van der Waals surface area contributed by atoms with E-state index in [-0.39, 0.29) is 17.9 Å². The Morgan fingerprint density at radius 2 is 1.52 bits per heavy atom. The van der Waals surface area contributed by atoms with Crippen molar-refractivity contribution in [2.75, 3.05) is 0 Å². The van der Waals surface area contributed by atoms with Crippen LogP contribution in [0.25, 0.3) is 11.1 Å². The fraction of sp³-hybridized carbons (Fsp3) is 0.448. The third kappa shape index (κ3) is 8.20. The smallest absolute Gasteiger partial charge is 0.417 e. The van der Waals surface area contributed by atoms with Crippen LogP contribution in [0.2, 0.25) is 0 Å². The SMILES string of the molecule is C=CC(C)(C)C.CC1C[C@@H](Cc2ccc(-c3ccccc3)cc2)N(C(=O)OC(C)(C)C)C1=O. The predicted molar refractivity (Wildman–Crippen MR) is 136 cm³/mol. The highest BCUT2D eigenvalue weighted by atomic mass is 16.6. The monoisotopic (exact) mass is 449 g/mol. The Kier molecular flexibility index (Phi) is 8.65. The molecule has 0 spiro atoms. The minimum Gasteiger partial charge on any atom is -0.443 e. The van der Waals surface area contributed by atoms with E-state index in [1.807, 2.05) is 52.0 Å². The van der Waals surface area contributed by atoms with Crippen molar-refractivity contribution < 1.29 is 14.3 Å². The third-order valence-electron chi connectivity index (χ3n) is 5.38. The lowest BCUT2D eigenvalue weighted by Gasteiger charge is -2.27. The normalized spacial score (nSPS) is 18.4. The van der Waals surface area contributed by atoms with Crippen LogP contribution in [0.15, 0.2) is 67.3 Å². The minimum atomic E-state index is -0.620. The van der Waals surface area contributed by atoms with Crippen molar-refractivity contribution in [3.8, 4) is 11.1 Å². The molecule has 1 aliphatic rings. The number of ether oxygens (including phenoxy) is 1. The summed E-state index contributed by atoms with van der Waals surface area (Å²) in [6, 6.07) is 18.4. The van der Waals surface area contributed by atoms with E-state index in [0.717, 1.165) is 11.1 Å². The van der Waals surface area contributed by atoms with Gasteiger partial charge in [0.05, 0.1) is 0 Å². The molecule has 1 unspecified atom stereocenters. The molecule has 2 aromatic rings. The van der Waals surface area contributed by atoms with Crippen molar-refractivity contribution in [1.82, 2.24) is 4.90 Å². The molecular formula is C29H39NO3. The topological polar surface area (TPSA) is 46.6 Å². The van der Waals surface area contributed by atoms with Crippen molar-refractivity contribution in [2.24, 2.45) is 11.3 Å². The number of amides is 2. The van der Waals surface area contributed by atoms with Crippen LogP contribution >= 0.6 is 0 Å². The van der Waals surface area contributed by atoms with Gasteiger partial charge >= 0.3 is 6.09 Å². The first-order chi connectivity index (χ1) is 15.3. The number of rotatable bonds is 3. The zero-order valence-corrected chi connectivity index (χ0v) is 21.2. The number of carbonyl (C=O) groups excluding carboxylic acids is 2. The molecule has 1 aliphatic heterocycles.